The van der Waals surface area contributed by atoms with Crippen molar-refractivity contribution in [3.8, 4) is 5.75 Å². The van der Waals surface area contributed by atoms with Crippen molar-refractivity contribution in [2.24, 2.45) is 0 Å². The molecule has 4 rings (SSSR count). The van der Waals surface area contributed by atoms with Crippen molar-refractivity contribution in [2.75, 3.05) is 12.4 Å². The fraction of sp³-hybridized carbons (Fsp3) is 0.0500. The second-order valence-electron chi connectivity index (χ2n) is 5.46. The summed E-state index contributed by atoms with van der Waals surface area (Å²) in [5.41, 5.74) is 2.66. The van der Waals surface area contributed by atoms with Gasteiger partial charge in [-0.25, -0.2) is 0 Å². The first-order valence-electron chi connectivity index (χ1n) is 7.62. The van der Waals surface area contributed by atoms with Crippen molar-refractivity contribution >= 4 is 33.3 Å². The van der Waals surface area contributed by atoms with E-state index in [1.165, 1.54) is 0 Å². The van der Waals surface area contributed by atoms with Crippen LogP contribution in [0.1, 0.15) is 0 Å². The van der Waals surface area contributed by atoms with E-state index in [1.807, 2.05) is 48.5 Å². The van der Waals surface area contributed by atoms with Crippen LogP contribution in [-0.2, 0) is 0 Å². The molecule has 0 radical (unpaired) electrons. The number of anilines is 2. The molecule has 3 aromatic carbocycles. The lowest BCUT2D eigenvalue weighted by molar-refractivity contribution is 0.415. The summed E-state index contributed by atoms with van der Waals surface area (Å²) in [4.78, 5) is 12.9. The lowest BCUT2D eigenvalue weighted by Crippen LogP contribution is -2.05. The zero-order chi connectivity index (χ0) is 16.5. The topological polar surface area (TPSA) is 51.5 Å². The Balaban J connectivity index is 1.92. The molecular weight excluding hydrogens is 302 g/mol. The monoisotopic (exact) mass is 317 g/mol. The van der Waals surface area contributed by atoms with E-state index < -0.39 is 0 Å². The molecule has 118 valence electrons. The molecule has 0 aliphatic heterocycles. The Kier molecular flexibility index (Phi) is 3.43. The highest BCUT2D eigenvalue weighted by atomic mass is 16.5. The molecule has 1 aromatic heterocycles. The third-order valence-electron chi connectivity index (χ3n) is 3.95. The van der Waals surface area contributed by atoms with Crippen molar-refractivity contribution in [3.63, 3.8) is 0 Å². The van der Waals surface area contributed by atoms with E-state index in [1.54, 1.807) is 25.3 Å². The second kappa shape index (κ2) is 5.74. The Morgan fingerprint density at radius 1 is 0.917 bits per heavy atom. The maximum Gasteiger partial charge on any atom is 0.202 e. The lowest BCUT2D eigenvalue weighted by Gasteiger charge is -2.10. The molecule has 4 nitrogen and oxygen atoms in total. The van der Waals surface area contributed by atoms with Gasteiger partial charge in [-0.15, -0.1) is 0 Å². The zero-order valence-electron chi connectivity index (χ0n) is 13.1. The van der Waals surface area contributed by atoms with Gasteiger partial charge in [-0.2, -0.15) is 0 Å². The third-order valence-corrected chi connectivity index (χ3v) is 3.95. The van der Waals surface area contributed by atoms with Crippen LogP contribution < -0.4 is 15.5 Å². The predicted molar refractivity (Wildman–Crippen MR) is 96.3 cm³/mol. The summed E-state index contributed by atoms with van der Waals surface area (Å²) < 4.78 is 11.1. The Labute approximate surface area is 138 Å². The fourth-order valence-corrected chi connectivity index (χ4v) is 2.81. The van der Waals surface area contributed by atoms with E-state index in [2.05, 4.69) is 5.32 Å². The molecule has 0 aliphatic rings. The van der Waals surface area contributed by atoms with Gasteiger partial charge in [-0.1, -0.05) is 24.3 Å². The number of rotatable bonds is 3. The summed E-state index contributed by atoms with van der Waals surface area (Å²) in [5.74, 6) is 0.748. The summed E-state index contributed by atoms with van der Waals surface area (Å²) in [6.07, 6.45) is 0. The molecule has 0 aliphatic carbocycles. The van der Waals surface area contributed by atoms with Crippen LogP contribution in [0.25, 0.3) is 21.9 Å². The number of benzene rings is 3. The molecule has 4 aromatic rings. The summed E-state index contributed by atoms with van der Waals surface area (Å²) >= 11 is 0. The molecule has 1 N–H and O–H groups in total. The summed E-state index contributed by atoms with van der Waals surface area (Å²) in [5, 5.41) is 4.40. The minimum atomic E-state index is -0.0437. The molecule has 0 bridgehead atoms. The molecule has 0 fully saturated rings. The first-order valence-corrected chi connectivity index (χ1v) is 7.62. The number of hydrogen-bond donors (Lipinski definition) is 1. The number of methoxy groups -OCH3 is 1. The number of nitrogens with one attached hydrogen (secondary N) is 1. The summed E-state index contributed by atoms with van der Waals surface area (Å²) in [6, 6.07) is 20.4. The van der Waals surface area contributed by atoms with Gasteiger partial charge < -0.3 is 14.5 Å². The van der Waals surface area contributed by atoms with Gasteiger partial charge in [0.1, 0.15) is 16.9 Å². The van der Waals surface area contributed by atoms with E-state index in [9.17, 15) is 4.79 Å². The average Bonchev–Trinajstić information content (AvgIpc) is 2.62. The van der Waals surface area contributed by atoms with Gasteiger partial charge in [0.2, 0.25) is 5.43 Å². The van der Waals surface area contributed by atoms with Crippen LogP contribution in [0, 0.1) is 0 Å². The fourth-order valence-electron chi connectivity index (χ4n) is 2.81. The predicted octanol–water partition coefficient (Wildman–Crippen LogP) is 4.70. The van der Waals surface area contributed by atoms with E-state index in [0.29, 0.717) is 27.6 Å². The van der Waals surface area contributed by atoms with Crippen LogP contribution in [0.3, 0.4) is 0 Å². The third kappa shape index (κ3) is 2.38. The summed E-state index contributed by atoms with van der Waals surface area (Å²) in [7, 11) is 1.62. The number of hydrogen-bond acceptors (Lipinski definition) is 4. The maximum atomic E-state index is 12.9. The van der Waals surface area contributed by atoms with Gasteiger partial charge in [0.25, 0.3) is 0 Å². The van der Waals surface area contributed by atoms with E-state index in [4.69, 9.17) is 9.15 Å². The maximum absolute atomic E-state index is 12.9. The Morgan fingerprint density at radius 2 is 1.71 bits per heavy atom. The summed E-state index contributed by atoms with van der Waals surface area (Å²) in [6.45, 7) is 0. The van der Waals surface area contributed by atoms with Gasteiger partial charge in [-0.05, 0) is 36.4 Å². The molecular formula is C20H15NO3. The number of fused-ring (bicyclic) bond motifs is 2. The minimum absolute atomic E-state index is 0.0437. The Bertz CT molecular complexity index is 1100. The van der Waals surface area contributed by atoms with Crippen LogP contribution in [0.2, 0.25) is 0 Å². The van der Waals surface area contributed by atoms with E-state index in [-0.39, 0.29) is 5.43 Å². The highest BCUT2D eigenvalue weighted by Crippen LogP contribution is 2.28. The average molecular weight is 317 g/mol. The molecule has 1 heterocycles. The quantitative estimate of drug-likeness (QED) is 0.557. The zero-order valence-corrected chi connectivity index (χ0v) is 13.1. The molecule has 0 spiro atoms. The largest absolute Gasteiger partial charge is 0.497 e. The standard InChI is InChI=1S/C20H15NO3/c1-23-14-7-4-6-13(12-14)21-16-9-5-11-18-19(16)20(22)15-8-2-3-10-17(15)24-18/h2-12,21H,1H3. The highest BCUT2D eigenvalue weighted by molar-refractivity contribution is 5.98. The van der Waals surface area contributed by atoms with Crippen LogP contribution >= 0.6 is 0 Å². The van der Waals surface area contributed by atoms with E-state index in [0.717, 1.165) is 11.4 Å². The van der Waals surface area contributed by atoms with Crippen LogP contribution in [0.15, 0.2) is 75.9 Å². The molecule has 0 atom stereocenters. The minimum Gasteiger partial charge on any atom is -0.497 e. The van der Waals surface area contributed by atoms with Crippen molar-refractivity contribution in [1.29, 1.82) is 0 Å². The Morgan fingerprint density at radius 3 is 2.58 bits per heavy atom. The molecule has 0 unspecified atom stereocenters. The van der Waals surface area contributed by atoms with Gasteiger partial charge in [0.15, 0.2) is 0 Å². The van der Waals surface area contributed by atoms with Crippen molar-refractivity contribution in [1.82, 2.24) is 0 Å². The first-order chi connectivity index (χ1) is 11.8. The van der Waals surface area contributed by atoms with Crippen molar-refractivity contribution in [2.45, 2.75) is 0 Å². The molecule has 0 saturated heterocycles. The van der Waals surface area contributed by atoms with Crippen LogP contribution in [0.5, 0.6) is 5.75 Å². The molecule has 0 saturated carbocycles. The van der Waals surface area contributed by atoms with E-state index >= 15 is 0 Å². The first kappa shape index (κ1) is 14.3. The van der Waals surface area contributed by atoms with Crippen LogP contribution in [-0.4, -0.2) is 7.11 Å². The van der Waals surface area contributed by atoms with Crippen LogP contribution in [0.4, 0.5) is 11.4 Å². The second-order valence-corrected chi connectivity index (χ2v) is 5.46. The number of para-hydroxylation sites is 1. The molecule has 24 heavy (non-hydrogen) atoms. The van der Waals surface area contributed by atoms with Gasteiger partial charge in [-0.3, -0.25) is 4.79 Å². The lowest BCUT2D eigenvalue weighted by atomic mass is 10.1. The van der Waals surface area contributed by atoms with Gasteiger partial charge in [0, 0.05) is 11.8 Å². The molecule has 0 amide bonds. The number of ether oxygens (including phenoxy) is 1. The van der Waals surface area contributed by atoms with Crippen molar-refractivity contribution < 1.29 is 9.15 Å². The SMILES string of the molecule is COc1cccc(Nc2cccc3oc4ccccc4c(=O)c23)c1. The Hall–Kier alpha value is -3.27. The smallest absolute Gasteiger partial charge is 0.202 e. The van der Waals surface area contributed by atoms with Gasteiger partial charge >= 0.3 is 0 Å². The normalized spacial score (nSPS) is 10.9. The van der Waals surface area contributed by atoms with Gasteiger partial charge in [0.05, 0.1) is 23.6 Å². The highest BCUT2D eigenvalue weighted by Gasteiger charge is 2.11. The molecule has 4 heteroatoms. The van der Waals surface area contributed by atoms with Crippen molar-refractivity contribution in [3.05, 3.63) is 77.0 Å².